The number of hydrogen-bond donors (Lipinski definition) is 1. The molecule has 0 saturated heterocycles. The molecule has 15 heavy (non-hydrogen) atoms. The van der Waals surface area contributed by atoms with E-state index in [-0.39, 0.29) is 6.10 Å². The lowest BCUT2D eigenvalue weighted by Crippen LogP contribution is -2.27. The first-order valence-corrected chi connectivity index (χ1v) is 6.60. The Kier molecular flexibility index (Phi) is 10.4. The normalized spacial score (nSPS) is 15.2. The van der Waals surface area contributed by atoms with Crippen LogP contribution in [0.15, 0.2) is 0 Å². The first-order chi connectivity index (χ1) is 7.24. The van der Waals surface area contributed by atoms with Crippen molar-refractivity contribution in [2.45, 2.75) is 77.9 Å². The molecule has 2 unspecified atom stereocenters. The van der Waals surface area contributed by atoms with E-state index in [0.717, 1.165) is 12.8 Å². The fourth-order valence-corrected chi connectivity index (χ4v) is 1.82. The smallest absolute Gasteiger partial charge is 0.0700 e. The fraction of sp³-hybridized carbons (Fsp3) is 1.00. The van der Waals surface area contributed by atoms with Gasteiger partial charge in [0.2, 0.25) is 0 Å². The molecule has 2 atom stereocenters. The van der Waals surface area contributed by atoms with Crippen molar-refractivity contribution >= 4 is 0 Å². The molecule has 0 aromatic heterocycles. The van der Waals surface area contributed by atoms with E-state index in [0.29, 0.717) is 12.6 Å². The third kappa shape index (κ3) is 8.88. The lowest BCUT2D eigenvalue weighted by atomic mass is 10.1. The molecular formula is C13H29NO. The molecule has 0 fully saturated rings. The van der Waals surface area contributed by atoms with Gasteiger partial charge in [0, 0.05) is 6.54 Å². The molecular weight excluding hydrogens is 186 g/mol. The van der Waals surface area contributed by atoms with Gasteiger partial charge in [-0.2, -0.15) is 0 Å². The molecule has 0 aromatic carbocycles. The number of unbranched alkanes of at least 4 members (excludes halogenated alkanes) is 3. The standard InChI is InChI=1S/C13H29NO/c1-4-6-7-8-10-12(3)15-13(11-14)9-5-2/h12-13H,4-11,14H2,1-3H3. The van der Waals surface area contributed by atoms with Crippen LogP contribution in [0, 0.1) is 0 Å². The van der Waals surface area contributed by atoms with Gasteiger partial charge in [-0.3, -0.25) is 0 Å². The number of rotatable bonds is 10. The maximum atomic E-state index is 5.90. The van der Waals surface area contributed by atoms with E-state index in [9.17, 15) is 0 Å². The SMILES string of the molecule is CCCCCCC(C)OC(CN)CCC. The zero-order valence-electron chi connectivity index (χ0n) is 10.8. The van der Waals surface area contributed by atoms with Crippen LogP contribution in [-0.4, -0.2) is 18.8 Å². The van der Waals surface area contributed by atoms with Gasteiger partial charge in [-0.05, 0) is 19.8 Å². The molecule has 0 heterocycles. The quantitative estimate of drug-likeness (QED) is 0.566. The second kappa shape index (κ2) is 10.4. The fourth-order valence-electron chi connectivity index (χ4n) is 1.82. The maximum Gasteiger partial charge on any atom is 0.0700 e. The largest absolute Gasteiger partial charge is 0.374 e. The maximum absolute atomic E-state index is 5.90. The van der Waals surface area contributed by atoms with Gasteiger partial charge in [0.05, 0.1) is 12.2 Å². The molecule has 0 amide bonds. The van der Waals surface area contributed by atoms with Crippen LogP contribution >= 0.6 is 0 Å². The molecule has 0 aliphatic carbocycles. The highest BCUT2D eigenvalue weighted by Gasteiger charge is 2.10. The minimum Gasteiger partial charge on any atom is -0.374 e. The average molecular weight is 215 g/mol. The van der Waals surface area contributed by atoms with Crippen molar-refractivity contribution in [2.24, 2.45) is 5.73 Å². The Morgan fingerprint density at radius 3 is 2.27 bits per heavy atom. The first kappa shape index (κ1) is 14.9. The minimum absolute atomic E-state index is 0.274. The van der Waals surface area contributed by atoms with Crippen LogP contribution in [-0.2, 0) is 4.74 Å². The average Bonchev–Trinajstić information content (AvgIpc) is 2.24. The summed E-state index contributed by atoms with van der Waals surface area (Å²) in [5, 5.41) is 0. The van der Waals surface area contributed by atoms with Crippen molar-refractivity contribution in [3.8, 4) is 0 Å². The molecule has 0 aliphatic rings. The Morgan fingerprint density at radius 2 is 1.73 bits per heavy atom. The van der Waals surface area contributed by atoms with E-state index in [1.807, 2.05) is 0 Å². The Balaban J connectivity index is 3.47. The van der Waals surface area contributed by atoms with Crippen molar-refractivity contribution < 1.29 is 4.74 Å². The van der Waals surface area contributed by atoms with Gasteiger partial charge < -0.3 is 10.5 Å². The highest BCUT2D eigenvalue weighted by molar-refractivity contribution is 4.61. The lowest BCUT2D eigenvalue weighted by Gasteiger charge is -2.20. The molecule has 2 heteroatoms. The van der Waals surface area contributed by atoms with Crippen molar-refractivity contribution in [1.29, 1.82) is 0 Å². The predicted molar refractivity (Wildman–Crippen MR) is 67.1 cm³/mol. The van der Waals surface area contributed by atoms with Gasteiger partial charge >= 0.3 is 0 Å². The molecule has 0 rings (SSSR count). The van der Waals surface area contributed by atoms with Crippen LogP contribution in [0.3, 0.4) is 0 Å². The molecule has 0 bridgehead atoms. The zero-order valence-corrected chi connectivity index (χ0v) is 10.8. The summed E-state index contributed by atoms with van der Waals surface area (Å²) >= 11 is 0. The van der Waals surface area contributed by atoms with Crippen LogP contribution in [0.1, 0.15) is 65.7 Å². The monoisotopic (exact) mass is 215 g/mol. The Hall–Kier alpha value is -0.0800. The van der Waals surface area contributed by atoms with Crippen LogP contribution in [0.2, 0.25) is 0 Å². The topological polar surface area (TPSA) is 35.2 Å². The first-order valence-electron chi connectivity index (χ1n) is 6.60. The van der Waals surface area contributed by atoms with E-state index in [2.05, 4.69) is 20.8 Å². The third-order valence-electron chi connectivity index (χ3n) is 2.76. The Morgan fingerprint density at radius 1 is 1.00 bits per heavy atom. The summed E-state index contributed by atoms with van der Waals surface area (Å²) in [6.07, 6.45) is 9.36. The van der Waals surface area contributed by atoms with Crippen LogP contribution < -0.4 is 5.73 Å². The summed E-state index contributed by atoms with van der Waals surface area (Å²) in [7, 11) is 0. The summed E-state index contributed by atoms with van der Waals surface area (Å²) in [6.45, 7) is 7.25. The zero-order chi connectivity index (χ0) is 11.5. The van der Waals surface area contributed by atoms with E-state index in [1.165, 1.54) is 32.1 Å². The highest BCUT2D eigenvalue weighted by Crippen LogP contribution is 2.11. The molecule has 2 N–H and O–H groups in total. The minimum atomic E-state index is 0.274. The molecule has 92 valence electrons. The lowest BCUT2D eigenvalue weighted by molar-refractivity contribution is -0.00665. The second-order valence-corrected chi connectivity index (χ2v) is 4.44. The number of nitrogens with two attached hydrogens (primary N) is 1. The van der Waals surface area contributed by atoms with Gasteiger partial charge in [0.1, 0.15) is 0 Å². The highest BCUT2D eigenvalue weighted by atomic mass is 16.5. The molecule has 0 radical (unpaired) electrons. The van der Waals surface area contributed by atoms with Gasteiger partial charge in [-0.15, -0.1) is 0 Å². The Labute approximate surface area is 95.6 Å². The van der Waals surface area contributed by atoms with E-state index < -0.39 is 0 Å². The van der Waals surface area contributed by atoms with Crippen molar-refractivity contribution in [1.82, 2.24) is 0 Å². The van der Waals surface area contributed by atoms with E-state index in [4.69, 9.17) is 10.5 Å². The van der Waals surface area contributed by atoms with Gasteiger partial charge in [0.15, 0.2) is 0 Å². The summed E-state index contributed by atoms with van der Waals surface area (Å²) in [5.74, 6) is 0. The summed E-state index contributed by atoms with van der Waals surface area (Å²) in [5.41, 5.74) is 5.66. The third-order valence-corrected chi connectivity index (χ3v) is 2.76. The molecule has 0 aliphatic heterocycles. The van der Waals surface area contributed by atoms with Gasteiger partial charge in [-0.25, -0.2) is 0 Å². The second-order valence-electron chi connectivity index (χ2n) is 4.44. The molecule has 0 spiro atoms. The molecule has 0 aromatic rings. The Bertz CT molecular complexity index is 128. The van der Waals surface area contributed by atoms with Gasteiger partial charge in [-0.1, -0.05) is 46.0 Å². The van der Waals surface area contributed by atoms with Crippen molar-refractivity contribution in [3.63, 3.8) is 0 Å². The van der Waals surface area contributed by atoms with Crippen LogP contribution in [0.4, 0.5) is 0 Å². The van der Waals surface area contributed by atoms with Gasteiger partial charge in [0.25, 0.3) is 0 Å². The van der Waals surface area contributed by atoms with E-state index >= 15 is 0 Å². The number of hydrogen-bond acceptors (Lipinski definition) is 2. The molecule has 0 saturated carbocycles. The summed E-state index contributed by atoms with van der Waals surface area (Å²) in [6, 6.07) is 0. The van der Waals surface area contributed by atoms with Crippen LogP contribution in [0.5, 0.6) is 0 Å². The van der Waals surface area contributed by atoms with E-state index in [1.54, 1.807) is 0 Å². The van der Waals surface area contributed by atoms with Crippen LogP contribution in [0.25, 0.3) is 0 Å². The summed E-state index contributed by atoms with van der Waals surface area (Å²) < 4.78 is 5.90. The number of ether oxygens (including phenoxy) is 1. The summed E-state index contributed by atoms with van der Waals surface area (Å²) in [4.78, 5) is 0. The molecule has 2 nitrogen and oxygen atoms in total. The van der Waals surface area contributed by atoms with Crippen molar-refractivity contribution in [2.75, 3.05) is 6.54 Å². The van der Waals surface area contributed by atoms with Crippen molar-refractivity contribution in [3.05, 3.63) is 0 Å². The predicted octanol–water partition coefficient (Wildman–Crippen LogP) is 3.49.